The molecule has 0 atom stereocenters. The van der Waals surface area contributed by atoms with Gasteiger partial charge in [0.05, 0.1) is 12.2 Å². The van der Waals surface area contributed by atoms with Crippen LogP contribution in [0.25, 0.3) is 0 Å². The van der Waals surface area contributed by atoms with Crippen LogP contribution in [0.4, 0.5) is 0 Å². The van der Waals surface area contributed by atoms with E-state index >= 15 is 0 Å². The van der Waals surface area contributed by atoms with Crippen LogP contribution < -0.4 is 5.73 Å². The fraction of sp³-hybridized carbons (Fsp3) is 0.625. The van der Waals surface area contributed by atoms with Crippen LogP contribution in [0, 0.1) is 6.92 Å². The Labute approximate surface area is 66.6 Å². The molecule has 0 aliphatic rings. The molecule has 3 nitrogen and oxygen atoms in total. The lowest BCUT2D eigenvalue weighted by Crippen LogP contribution is -1.95. The van der Waals surface area contributed by atoms with Crippen LogP contribution in [-0.4, -0.2) is 4.98 Å². The second-order valence-electron chi connectivity index (χ2n) is 2.92. The van der Waals surface area contributed by atoms with Crippen molar-refractivity contribution in [2.45, 2.75) is 33.2 Å². The van der Waals surface area contributed by atoms with Gasteiger partial charge in [-0.05, 0) is 6.92 Å². The first-order chi connectivity index (χ1) is 5.15. The summed E-state index contributed by atoms with van der Waals surface area (Å²) < 4.78 is 5.39. The van der Waals surface area contributed by atoms with Crippen molar-refractivity contribution < 1.29 is 4.42 Å². The largest absolute Gasteiger partial charge is 0.444 e. The SMILES string of the molecule is Cc1nc(C(C)C)oc1CN. The smallest absolute Gasteiger partial charge is 0.197 e. The maximum atomic E-state index is 5.43. The minimum absolute atomic E-state index is 0.342. The van der Waals surface area contributed by atoms with Gasteiger partial charge in [0.25, 0.3) is 0 Å². The Morgan fingerprint density at radius 3 is 2.45 bits per heavy atom. The number of oxazole rings is 1. The van der Waals surface area contributed by atoms with Crippen molar-refractivity contribution in [1.29, 1.82) is 0 Å². The second kappa shape index (κ2) is 3.05. The molecule has 0 bridgehead atoms. The summed E-state index contributed by atoms with van der Waals surface area (Å²) in [5, 5.41) is 0. The summed E-state index contributed by atoms with van der Waals surface area (Å²) in [6.07, 6.45) is 0. The van der Waals surface area contributed by atoms with Gasteiger partial charge in [-0.15, -0.1) is 0 Å². The van der Waals surface area contributed by atoms with E-state index in [0.717, 1.165) is 17.3 Å². The summed E-state index contributed by atoms with van der Waals surface area (Å²) in [6.45, 7) is 6.44. The molecule has 0 saturated carbocycles. The van der Waals surface area contributed by atoms with Gasteiger partial charge in [0, 0.05) is 5.92 Å². The molecule has 0 unspecified atom stereocenters. The zero-order valence-electron chi connectivity index (χ0n) is 7.22. The van der Waals surface area contributed by atoms with Gasteiger partial charge in [0.2, 0.25) is 0 Å². The van der Waals surface area contributed by atoms with Crippen LogP contribution in [0.2, 0.25) is 0 Å². The van der Waals surface area contributed by atoms with E-state index in [1.807, 2.05) is 20.8 Å². The highest BCUT2D eigenvalue weighted by Crippen LogP contribution is 2.16. The highest BCUT2D eigenvalue weighted by atomic mass is 16.4. The molecule has 1 heterocycles. The first-order valence-corrected chi connectivity index (χ1v) is 3.81. The quantitative estimate of drug-likeness (QED) is 0.703. The van der Waals surface area contributed by atoms with Crippen LogP contribution in [0.3, 0.4) is 0 Å². The van der Waals surface area contributed by atoms with E-state index in [9.17, 15) is 0 Å². The Bertz CT molecular complexity index is 240. The molecule has 0 aliphatic carbocycles. The molecule has 11 heavy (non-hydrogen) atoms. The Morgan fingerprint density at radius 2 is 2.18 bits per heavy atom. The Balaban J connectivity index is 2.95. The first kappa shape index (κ1) is 8.27. The Hall–Kier alpha value is -0.830. The monoisotopic (exact) mass is 154 g/mol. The van der Waals surface area contributed by atoms with E-state index in [1.165, 1.54) is 0 Å². The molecule has 0 spiro atoms. The fourth-order valence-corrected chi connectivity index (χ4v) is 0.887. The molecule has 1 aromatic heterocycles. The van der Waals surface area contributed by atoms with Gasteiger partial charge in [-0.1, -0.05) is 13.8 Å². The number of nitrogens with two attached hydrogens (primary N) is 1. The molecule has 0 amide bonds. The molecule has 3 heteroatoms. The van der Waals surface area contributed by atoms with Gasteiger partial charge in [-0.3, -0.25) is 0 Å². The van der Waals surface area contributed by atoms with Crippen molar-refractivity contribution in [2.24, 2.45) is 5.73 Å². The van der Waals surface area contributed by atoms with Crippen molar-refractivity contribution in [2.75, 3.05) is 0 Å². The van der Waals surface area contributed by atoms with Crippen molar-refractivity contribution in [3.05, 3.63) is 17.3 Å². The molecule has 0 aliphatic heterocycles. The molecule has 0 aromatic carbocycles. The standard InChI is InChI=1S/C8H14N2O/c1-5(2)8-10-6(3)7(4-9)11-8/h5H,4,9H2,1-3H3. The maximum absolute atomic E-state index is 5.43. The molecular formula is C8H14N2O. The van der Waals surface area contributed by atoms with Gasteiger partial charge in [-0.2, -0.15) is 0 Å². The van der Waals surface area contributed by atoms with Crippen LogP contribution in [0.5, 0.6) is 0 Å². The van der Waals surface area contributed by atoms with Crippen LogP contribution >= 0.6 is 0 Å². The second-order valence-corrected chi connectivity index (χ2v) is 2.92. The average Bonchev–Trinajstić information content (AvgIpc) is 2.31. The predicted octanol–water partition coefficient (Wildman–Crippen LogP) is 1.57. The fourth-order valence-electron chi connectivity index (χ4n) is 0.887. The number of aromatic nitrogens is 1. The van der Waals surface area contributed by atoms with E-state index in [1.54, 1.807) is 0 Å². The minimum atomic E-state index is 0.342. The minimum Gasteiger partial charge on any atom is -0.444 e. The first-order valence-electron chi connectivity index (χ1n) is 3.81. The predicted molar refractivity (Wildman–Crippen MR) is 43.2 cm³/mol. The highest BCUT2D eigenvalue weighted by Gasteiger charge is 2.10. The summed E-state index contributed by atoms with van der Waals surface area (Å²) in [6, 6.07) is 0. The van der Waals surface area contributed by atoms with E-state index in [0.29, 0.717) is 12.5 Å². The highest BCUT2D eigenvalue weighted by molar-refractivity contribution is 5.08. The summed E-state index contributed by atoms with van der Waals surface area (Å²) in [5.41, 5.74) is 6.34. The van der Waals surface area contributed by atoms with Crippen molar-refractivity contribution in [1.82, 2.24) is 4.98 Å². The molecule has 1 rings (SSSR count). The van der Waals surface area contributed by atoms with Gasteiger partial charge >= 0.3 is 0 Å². The summed E-state index contributed by atoms with van der Waals surface area (Å²) in [5.74, 6) is 1.92. The van der Waals surface area contributed by atoms with Crippen molar-refractivity contribution >= 4 is 0 Å². The van der Waals surface area contributed by atoms with E-state index < -0.39 is 0 Å². The third-order valence-corrected chi connectivity index (χ3v) is 1.59. The van der Waals surface area contributed by atoms with Crippen molar-refractivity contribution in [3.8, 4) is 0 Å². The lowest BCUT2D eigenvalue weighted by Gasteiger charge is -1.94. The van der Waals surface area contributed by atoms with Crippen LogP contribution in [0.15, 0.2) is 4.42 Å². The third kappa shape index (κ3) is 1.60. The molecule has 62 valence electrons. The van der Waals surface area contributed by atoms with Gasteiger partial charge in [-0.25, -0.2) is 4.98 Å². The Morgan fingerprint density at radius 1 is 1.55 bits per heavy atom. The number of aryl methyl sites for hydroxylation is 1. The normalized spacial score (nSPS) is 11.0. The van der Waals surface area contributed by atoms with E-state index in [4.69, 9.17) is 10.2 Å². The lowest BCUT2D eigenvalue weighted by molar-refractivity contribution is 0.437. The molecule has 0 saturated heterocycles. The lowest BCUT2D eigenvalue weighted by atomic mass is 10.2. The zero-order valence-corrected chi connectivity index (χ0v) is 7.22. The summed E-state index contributed by atoms with van der Waals surface area (Å²) >= 11 is 0. The number of rotatable bonds is 2. The van der Waals surface area contributed by atoms with Gasteiger partial charge in [0.1, 0.15) is 5.76 Å². The number of hydrogen-bond acceptors (Lipinski definition) is 3. The summed E-state index contributed by atoms with van der Waals surface area (Å²) in [7, 11) is 0. The Kier molecular flexibility index (Phi) is 2.29. The number of nitrogens with zero attached hydrogens (tertiary/aromatic N) is 1. The molecule has 0 radical (unpaired) electrons. The molecule has 0 fully saturated rings. The summed E-state index contributed by atoms with van der Waals surface area (Å²) in [4.78, 5) is 4.23. The molecular weight excluding hydrogens is 140 g/mol. The number of hydrogen-bond donors (Lipinski definition) is 1. The van der Waals surface area contributed by atoms with Crippen molar-refractivity contribution in [3.63, 3.8) is 0 Å². The van der Waals surface area contributed by atoms with Crippen LogP contribution in [0.1, 0.15) is 37.1 Å². The van der Waals surface area contributed by atoms with Gasteiger partial charge in [0.15, 0.2) is 5.89 Å². The van der Waals surface area contributed by atoms with E-state index in [2.05, 4.69) is 4.98 Å². The third-order valence-electron chi connectivity index (χ3n) is 1.59. The average molecular weight is 154 g/mol. The van der Waals surface area contributed by atoms with Gasteiger partial charge < -0.3 is 10.2 Å². The zero-order chi connectivity index (χ0) is 8.43. The van der Waals surface area contributed by atoms with E-state index in [-0.39, 0.29) is 0 Å². The topological polar surface area (TPSA) is 52.0 Å². The maximum Gasteiger partial charge on any atom is 0.197 e. The molecule has 2 N–H and O–H groups in total. The van der Waals surface area contributed by atoms with Crippen LogP contribution in [-0.2, 0) is 6.54 Å². The molecule has 1 aromatic rings.